The predicted molar refractivity (Wildman–Crippen MR) is 165 cm³/mol. The molecular weight excluding hydrogens is 722 g/mol. The van der Waals surface area contributed by atoms with E-state index >= 15 is 0 Å². The molecule has 1 fully saturated rings. The molecule has 0 spiro atoms. The second kappa shape index (κ2) is 21.9. The van der Waals surface area contributed by atoms with Crippen LogP contribution < -0.4 is 5.32 Å². The van der Waals surface area contributed by atoms with E-state index in [4.69, 9.17) is 47.4 Å². The van der Waals surface area contributed by atoms with Crippen molar-refractivity contribution in [2.75, 3.05) is 26.9 Å². The molecule has 1 rings (SSSR count). The Morgan fingerprint density at radius 1 is 0.585 bits per heavy atom. The molecule has 22 heteroatoms. The van der Waals surface area contributed by atoms with Crippen LogP contribution in [0.5, 0.6) is 0 Å². The molecule has 1 aliphatic heterocycles. The summed E-state index contributed by atoms with van der Waals surface area (Å²) in [5.41, 5.74) is 0. The minimum Gasteiger partial charge on any atom is -0.468 e. The molecule has 1 amide bonds. The van der Waals surface area contributed by atoms with Gasteiger partial charge in [0.25, 0.3) is 5.91 Å². The van der Waals surface area contributed by atoms with E-state index in [0.29, 0.717) is 0 Å². The molecule has 0 aromatic rings. The number of hydrogen-bond acceptors (Lipinski definition) is 21. The van der Waals surface area contributed by atoms with E-state index in [1.165, 1.54) is 0 Å². The smallest absolute Gasteiger partial charge is 0.325 e. The van der Waals surface area contributed by atoms with Crippen molar-refractivity contribution in [2.45, 2.75) is 111 Å². The quantitative estimate of drug-likeness (QED) is 0.118. The van der Waals surface area contributed by atoms with Crippen LogP contribution in [0, 0.1) is 0 Å². The summed E-state index contributed by atoms with van der Waals surface area (Å²) in [5, 5.41) is 2.12. The van der Waals surface area contributed by atoms with Crippen molar-refractivity contribution in [3.05, 3.63) is 0 Å². The summed E-state index contributed by atoms with van der Waals surface area (Å²) in [6.07, 6.45) is -17.5. The van der Waals surface area contributed by atoms with Gasteiger partial charge in [-0.3, -0.25) is 47.9 Å². The molecule has 0 aromatic heterocycles. The standard InChI is InChI=1S/C31H43NO21/c1-13(33)44-11-21(46-15(3)35)25(26(48-17(5)37)28(50-19(7)39)30(42)32-10-23(41)43-9)53-31-29(51-20(8)40)27(49-18(6)38)24(47-16(4)36)22(52-31)12-45-14(2)34/h21-22,24-29,31H,10-12H2,1-9H3,(H,32,42)/t21-,22-,24-,25-,26+,27+,28-,29-,31-/m1/s1. The second-order valence-corrected chi connectivity index (χ2v) is 11.0. The number of hydrogen-bond donors (Lipinski definition) is 1. The highest BCUT2D eigenvalue weighted by Crippen LogP contribution is 2.33. The van der Waals surface area contributed by atoms with Gasteiger partial charge in [-0.1, -0.05) is 0 Å². The van der Waals surface area contributed by atoms with Gasteiger partial charge in [0.2, 0.25) is 6.10 Å². The van der Waals surface area contributed by atoms with Crippen molar-refractivity contribution in [1.29, 1.82) is 0 Å². The van der Waals surface area contributed by atoms with Gasteiger partial charge in [0, 0.05) is 55.4 Å². The summed E-state index contributed by atoms with van der Waals surface area (Å²) in [6, 6.07) is 0. The first-order valence-corrected chi connectivity index (χ1v) is 15.6. The molecule has 0 aromatic carbocycles. The number of ether oxygens (including phenoxy) is 11. The summed E-state index contributed by atoms with van der Waals surface area (Å²) >= 11 is 0. The predicted octanol–water partition coefficient (Wildman–Crippen LogP) is -1.90. The lowest BCUT2D eigenvalue weighted by molar-refractivity contribution is -0.331. The molecule has 298 valence electrons. The van der Waals surface area contributed by atoms with E-state index in [0.717, 1.165) is 62.5 Å². The Morgan fingerprint density at radius 2 is 1.09 bits per heavy atom. The summed E-state index contributed by atoms with van der Waals surface area (Å²) in [7, 11) is 1.01. The van der Waals surface area contributed by atoms with E-state index in [1.807, 2.05) is 0 Å². The zero-order valence-corrected chi connectivity index (χ0v) is 30.4. The molecule has 0 aliphatic carbocycles. The average Bonchev–Trinajstić information content (AvgIpc) is 3.02. The second-order valence-electron chi connectivity index (χ2n) is 11.0. The van der Waals surface area contributed by atoms with Crippen LogP contribution in [0.3, 0.4) is 0 Å². The number of amides is 1. The van der Waals surface area contributed by atoms with Crippen molar-refractivity contribution < 1.29 is 100 Å². The van der Waals surface area contributed by atoms with E-state index in [-0.39, 0.29) is 0 Å². The summed E-state index contributed by atoms with van der Waals surface area (Å²) < 4.78 is 58.7. The molecule has 1 aliphatic rings. The van der Waals surface area contributed by atoms with Gasteiger partial charge >= 0.3 is 53.7 Å². The van der Waals surface area contributed by atoms with Crippen LogP contribution in [-0.2, 0) is 100 Å². The summed E-state index contributed by atoms with van der Waals surface area (Å²) in [5.74, 6) is -10.4. The summed E-state index contributed by atoms with van der Waals surface area (Å²) in [6.45, 7) is 5.13. The maximum atomic E-state index is 13.5. The Hall–Kier alpha value is -5.38. The first kappa shape index (κ1) is 45.6. The van der Waals surface area contributed by atoms with Crippen LogP contribution in [0.15, 0.2) is 0 Å². The SMILES string of the molecule is COC(=O)CNC(=O)[C@H](OC(C)=O)[C@@H](OC(C)=O)[C@H](O[C@H]1O[C@H](COC(C)=O)[C@@H](OC(C)=O)[C@H](OC(C)=O)[C@H]1OC(C)=O)[C@@H](COC(C)=O)OC(C)=O. The van der Waals surface area contributed by atoms with Gasteiger partial charge in [-0.15, -0.1) is 0 Å². The highest BCUT2D eigenvalue weighted by atomic mass is 16.8. The molecule has 0 unspecified atom stereocenters. The average molecular weight is 766 g/mol. The third-order valence-electron chi connectivity index (χ3n) is 6.48. The molecule has 9 atom stereocenters. The van der Waals surface area contributed by atoms with Crippen LogP contribution in [-0.4, -0.2) is 142 Å². The molecular formula is C31H43NO21. The highest BCUT2D eigenvalue weighted by molar-refractivity contribution is 5.87. The number of carbonyl (C=O) groups excluding carboxylic acids is 10. The number of carbonyl (C=O) groups is 10. The zero-order chi connectivity index (χ0) is 40.6. The fourth-order valence-corrected chi connectivity index (χ4v) is 4.71. The number of nitrogens with one attached hydrogen (secondary N) is 1. The minimum absolute atomic E-state index is 0.706. The highest BCUT2D eigenvalue weighted by Gasteiger charge is 2.56. The number of rotatable bonds is 18. The number of esters is 9. The monoisotopic (exact) mass is 765 g/mol. The molecule has 0 saturated carbocycles. The lowest BCUT2D eigenvalue weighted by Crippen LogP contribution is -2.65. The van der Waals surface area contributed by atoms with E-state index in [2.05, 4.69) is 10.1 Å². The summed E-state index contributed by atoms with van der Waals surface area (Å²) in [4.78, 5) is 123. The van der Waals surface area contributed by atoms with E-state index in [1.54, 1.807) is 0 Å². The Bertz CT molecular complexity index is 1380. The van der Waals surface area contributed by atoms with Gasteiger partial charge in [0.05, 0.1) is 7.11 Å². The van der Waals surface area contributed by atoms with Crippen LogP contribution in [0.2, 0.25) is 0 Å². The van der Waals surface area contributed by atoms with Crippen molar-refractivity contribution >= 4 is 59.6 Å². The van der Waals surface area contributed by atoms with Crippen molar-refractivity contribution in [3.63, 3.8) is 0 Å². The zero-order valence-electron chi connectivity index (χ0n) is 30.4. The van der Waals surface area contributed by atoms with Gasteiger partial charge in [-0.25, -0.2) is 0 Å². The first-order valence-electron chi connectivity index (χ1n) is 15.6. The molecule has 22 nitrogen and oxygen atoms in total. The van der Waals surface area contributed by atoms with Crippen LogP contribution in [0.1, 0.15) is 55.4 Å². The van der Waals surface area contributed by atoms with Gasteiger partial charge in [-0.2, -0.15) is 0 Å². The molecule has 1 heterocycles. The van der Waals surface area contributed by atoms with Crippen molar-refractivity contribution in [3.8, 4) is 0 Å². The van der Waals surface area contributed by atoms with Crippen LogP contribution >= 0.6 is 0 Å². The minimum atomic E-state index is -2.24. The van der Waals surface area contributed by atoms with Crippen molar-refractivity contribution in [2.24, 2.45) is 0 Å². The lowest BCUT2D eigenvalue weighted by Gasteiger charge is -2.46. The fraction of sp³-hybridized carbons (Fsp3) is 0.677. The normalized spacial score (nSPS) is 21.4. The number of methoxy groups -OCH3 is 1. The Labute approximate surface area is 302 Å². The van der Waals surface area contributed by atoms with Gasteiger partial charge in [0.15, 0.2) is 36.8 Å². The molecule has 53 heavy (non-hydrogen) atoms. The maximum absolute atomic E-state index is 13.5. The Kier molecular flexibility index (Phi) is 18.8. The van der Waals surface area contributed by atoms with E-state index in [9.17, 15) is 47.9 Å². The van der Waals surface area contributed by atoms with Gasteiger partial charge in [-0.05, 0) is 0 Å². The molecule has 1 N–H and O–H groups in total. The van der Waals surface area contributed by atoms with Crippen LogP contribution in [0.25, 0.3) is 0 Å². The topological polar surface area (TPSA) is 284 Å². The molecule has 0 bridgehead atoms. The lowest BCUT2D eigenvalue weighted by atomic mass is 9.97. The molecule has 0 radical (unpaired) electrons. The maximum Gasteiger partial charge on any atom is 0.325 e. The van der Waals surface area contributed by atoms with E-state index < -0.39 is 135 Å². The largest absolute Gasteiger partial charge is 0.468 e. The van der Waals surface area contributed by atoms with Crippen LogP contribution in [0.4, 0.5) is 0 Å². The third kappa shape index (κ3) is 16.2. The Balaban J connectivity index is 4.15. The first-order chi connectivity index (χ1) is 24.7. The fourth-order valence-electron chi connectivity index (χ4n) is 4.71. The van der Waals surface area contributed by atoms with Crippen molar-refractivity contribution in [1.82, 2.24) is 5.32 Å². The third-order valence-corrected chi connectivity index (χ3v) is 6.48. The Morgan fingerprint density at radius 3 is 1.57 bits per heavy atom. The molecule has 1 saturated heterocycles. The van der Waals surface area contributed by atoms with Gasteiger partial charge in [0.1, 0.15) is 32.0 Å². The van der Waals surface area contributed by atoms with Gasteiger partial charge < -0.3 is 57.4 Å².